The fourth-order valence-corrected chi connectivity index (χ4v) is 2.80. The summed E-state index contributed by atoms with van der Waals surface area (Å²) in [6.07, 6.45) is 0. The largest absolute Gasteiger partial charge is 0.352 e. The lowest BCUT2D eigenvalue weighted by Crippen LogP contribution is -2.50. The first-order valence-electron chi connectivity index (χ1n) is 8.74. The Morgan fingerprint density at radius 3 is 2.30 bits per heavy atom. The number of carbonyl (C=O) groups is 1. The minimum atomic E-state index is 0.151. The molecule has 1 amide bonds. The molecule has 4 nitrogen and oxygen atoms in total. The second-order valence-electron chi connectivity index (χ2n) is 7.08. The molecule has 1 fully saturated rings. The monoisotopic (exact) mass is 317 g/mol. The van der Waals surface area contributed by atoms with Gasteiger partial charge >= 0.3 is 0 Å². The maximum Gasteiger partial charge on any atom is 0.234 e. The van der Waals surface area contributed by atoms with Crippen molar-refractivity contribution in [3.8, 4) is 0 Å². The van der Waals surface area contributed by atoms with Gasteiger partial charge in [-0.25, -0.2) is 0 Å². The fourth-order valence-electron chi connectivity index (χ4n) is 2.80. The van der Waals surface area contributed by atoms with Gasteiger partial charge in [0, 0.05) is 38.8 Å². The molecule has 0 aromatic heterocycles. The van der Waals surface area contributed by atoms with Crippen LogP contribution in [0.5, 0.6) is 0 Å². The van der Waals surface area contributed by atoms with Crippen LogP contribution >= 0.6 is 0 Å². The van der Waals surface area contributed by atoms with Crippen LogP contribution in [-0.2, 0) is 11.3 Å². The number of hydrogen-bond acceptors (Lipinski definition) is 3. The van der Waals surface area contributed by atoms with Crippen molar-refractivity contribution >= 4 is 5.91 Å². The Kier molecular flexibility index (Phi) is 6.60. The number of piperazine rings is 1. The topological polar surface area (TPSA) is 35.6 Å². The molecule has 1 aliphatic heterocycles. The lowest BCUT2D eigenvalue weighted by atomic mass is 10.1. The predicted molar refractivity (Wildman–Crippen MR) is 95.3 cm³/mol. The Morgan fingerprint density at radius 1 is 1.09 bits per heavy atom. The predicted octanol–water partition coefficient (Wildman–Crippen LogP) is 2.27. The molecular weight excluding hydrogens is 286 g/mol. The molecule has 128 valence electrons. The molecule has 0 radical (unpaired) electrons. The average molecular weight is 317 g/mol. The van der Waals surface area contributed by atoms with Gasteiger partial charge in [-0.1, -0.05) is 38.1 Å². The van der Waals surface area contributed by atoms with E-state index in [9.17, 15) is 4.79 Å². The van der Waals surface area contributed by atoms with Gasteiger partial charge in [0.15, 0.2) is 0 Å². The van der Waals surface area contributed by atoms with Crippen LogP contribution in [0, 0.1) is 12.8 Å². The normalized spacial score (nSPS) is 18.1. The molecule has 0 bridgehead atoms. The first-order chi connectivity index (χ1) is 11.0. The number of rotatable bonds is 6. The molecule has 1 aromatic carbocycles. The number of amides is 1. The lowest BCUT2D eigenvalue weighted by molar-refractivity contribution is -0.123. The maximum absolute atomic E-state index is 12.1. The molecule has 1 atom stereocenters. The van der Waals surface area contributed by atoms with Crippen LogP contribution < -0.4 is 5.32 Å². The molecule has 2 rings (SSSR count). The van der Waals surface area contributed by atoms with Crippen LogP contribution in [0.1, 0.15) is 31.9 Å². The van der Waals surface area contributed by atoms with Crippen molar-refractivity contribution in [2.75, 3.05) is 32.7 Å². The van der Waals surface area contributed by atoms with Crippen LogP contribution in [0.4, 0.5) is 0 Å². The van der Waals surface area contributed by atoms with E-state index in [0.717, 1.165) is 32.7 Å². The van der Waals surface area contributed by atoms with Crippen molar-refractivity contribution in [1.29, 1.82) is 0 Å². The van der Waals surface area contributed by atoms with Crippen molar-refractivity contribution in [2.24, 2.45) is 5.92 Å². The van der Waals surface area contributed by atoms with Crippen LogP contribution in [0.2, 0.25) is 0 Å². The molecule has 0 spiro atoms. The van der Waals surface area contributed by atoms with Crippen LogP contribution in [0.25, 0.3) is 0 Å². The van der Waals surface area contributed by atoms with Crippen LogP contribution in [0.3, 0.4) is 0 Å². The molecule has 0 aliphatic carbocycles. The Bertz CT molecular complexity index is 507. The van der Waals surface area contributed by atoms with E-state index >= 15 is 0 Å². The number of aryl methyl sites for hydroxylation is 1. The van der Waals surface area contributed by atoms with E-state index < -0.39 is 0 Å². The number of benzene rings is 1. The summed E-state index contributed by atoms with van der Waals surface area (Å²) in [5.41, 5.74) is 2.77. The van der Waals surface area contributed by atoms with Gasteiger partial charge in [-0.05, 0) is 30.9 Å². The highest BCUT2D eigenvalue weighted by molar-refractivity contribution is 5.78. The average Bonchev–Trinajstić information content (AvgIpc) is 2.51. The van der Waals surface area contributed by atoms with Crippen LogP contribution in [0.15, 0.2) is 24.3 Å². The molecular formula is C19H31N3O. The molecule has 1 aliphatic rings. The van der Waals surface area contributed by atoms with E-state index in [1.54, 1.807) is 0 Å². The fraction of sp³-hybridized carbons (Fsp3) is 0.632. The van der Waals surface area contributed by atoms with Gasteiger partial charge in [-0.3, -0.25) is 14.6 Å². The van der Waals surface area contributed by atoms with Crippen molar-refractivity contribution < 1.29 is 4.79 Å². The highest BCUT2D eigenvalue weighted by Crippen LogP contribution is 2.12. The second kappa shape index (κ2) is 8.46. The van der Waals surface area contributed by atoms with Gasteiger partial charge in [0.25, 0.3) is 0 Å². The summed E-state index contributed by atoms with van der Waals surface area (Å²) in [6.45, 7) is 14.0. The van der Waals surface area contributed by atoms with Crippen LogP contribution in [-0.4, -0.2) is 54.5 Å². The number of carbonyl (C=O) groups excluding carboxylic acids is 1. The zero-order valence-corrected chi connectivity index (χ0v) is 15.0. The summed E-state index contributed by atoms with van der Waals surface area (Å²) in [7, 11) is 0. The number of nitrogens with zero attached hydrogens (tertiary/aromatic N) is 2. The highest BCUT2D eigenvalue weighted by Gasteiger charge is 2.20. The van der Waals surface area contributed by atoms with E-state index in [1.807, 2.05) is 0 Å². The summed E-state index contributed by atoms with van der Waals surface area (Å²) in [5.74, 6) is 0.628. The minimum absolute atomic E-state index is 0.151. The first-order valence-corrected chi connectivity index (χ1v) is 8.74. The molecule has 23 heavy (non-hydrogen) atoms. The van der Waals surface area contributed by atoms with Crippen molar-refractivity contribution in [3.63, 3.8) is 0 Å². The molecule has 1 aromatic rings. The molecule has 1 saturated heterocycles. The molecule has 1 N–H and O–H groups in total. The van der Waals surface area contributed by atoms with E-state index in [-0.39, 0.29) is 11.9 Å². The smallest absolute Gasteiger partial charge is 0.234 e. The standard InChI is InChI=1S/C19H31N3O/c1-15(2)17(4)20-19(23)14-22-11-9-21(10-12-22)13-18-8-6-5-7-16(18)3/h5-8,15,17H,9-14H2,1-4H3,(H,20,23)/t17-/m0/s1. The summed E-state index contributed by atoms with van der Waals surface area (Å²) in [5, 5.41) is 3.09. The first kappa shape index (κ1) is 18.0. The van der Waals surface area contributed by atoms with Gasteiger partial charge < -0.3 is 5.32 Å². The van der Waals surface area contributed by atoms with E-state index in [1.165, 1.54) is 11.1 Å². The van der Waals surface area contributed by atoms with Gasteiger partial charge in [-0.2, -0.15) is 0 Å². The molecule has 1 heterocycles. The Labute approximate surface area is 140 Å². The van der Waals surface area contributed by atoms with E-state index in [2.05, 4.69) is 67.1 Å². The molecule has 0 unspecified atom stereocenters. The summed E-state index contributed by atoms with van der Waals surface area (Å²) >= 11 is 0. The van der Waals surface area contributed by atoms with Crippen molar-refractivity contribution in [2.45, 2.75) is 40.3 Å². The van der Waals surface area contributed by atoms with Gasteiger partial charge in [0.05, 0.1) is 6.54 Å². The van der Waals surface area contributed by atoms with E-state index in [4.69, 9.17) is 0 Å². The third-order valence-electron chi connectivity index (χ3n) is 4.88. The third-order valence-corrected chi connectivity index (χ3v) is 4.88. The molecule has 0 saturated carbocycles. The molecule has 4 heteroatoms. The van der Waals surface area contributed by atoms with Gasteiger partial charge in [0.1, 0.15) is 0 Å². The Hall–Kier alpha value is -1.39. The zero-order chi connectivity index (χ0) is 16.8. The summed E-state index contributed by atoms with van der Waals surface area (Å²) < 4.78 is 0. The zero-order valence-electron chi connectivity index (χ0n) is 15.0. The van der Waals surface area contributed by atoms with Gasteiger partial charge in [0.2, 0.25) is 5.91 Å². The second-order valence-corrected chi connectivity index (χ2v) is 7.08. The highest BCUT2D eigenvalue weighted by atomic mass is 16.2. The Morgan fingerprint density at radius 2 is 1.70 bits per heavy atom. The number of hydrogen-bond donors (Lipinski definition) is 1. The van der Waals surface area contributed by atoms with E-state index in [0.29, 0.717) is 12.5 Å². The maximum atomic E-state index is 12.1. The Balaban J connectivity index is 1.74. The van der Waals surface area contributed by atoms with Crippen molar-refractivity contribution in [3.05, 3.63) is 35.4 Å². The minimum Gasteiger partial charge on any atom is -0.352 e. The van der Waals surface area contributed by atoms with Crippen molar-refractivity contribution in [1.82, 2.24) is 15.1 Å². The summed E-state index contributed by atoms with van der Waals surface area (Å²) in [4.78, 5) is 16.8. The third kappa shape index (κ3) is 5.63. The SMILES string of the molecule is Cc1ccccc1CN1CCN(CC(=O)N[C@@H](C)C(C)C)CC1. The quantitative estimate of drug-likeness (QED) is 0.874. The summed E-state index contributed by atoms with van der Waals surface area (Å²) in [6, 6.07) is 8.82. The lowest BCUT2D eigenvalue weighted by Gasteiger charge is -2.34. The number of nitrogens with one attached hydrogen (secondary N) is 1. The van der Waals surface area contributed by atoms with Gasteiger partial charge in [-0.15, -0.1) is 0 Å².